The fourth-order valence-corrected chi connectivity index (χ4v) is 2.03. The van der Waals surface area contributed by atoms with Crippen LogP contribution >= 0.6 is 0 Å². The summed E-state index contributed by atoms with van der Waals surface area (Å²) in [5.41, 5.74) is 1.21. The van der Waals surface area contributed by atoms with Gasteiger partial charge in [-0.1, -0.05) is 0 Å². The molecule has 1 aliphatic rings. The van der Waals surface area contributed by atoms with E-state index < -0.39 is 0 Å². The lowest BCUT2D eigenvalue weighted by Gasteiger charge is -2.12. The molecule has 1 aliphatic carbocycles. The van der Waals surface area contributed by atoms with Gasteiger partial charge in [0.15, 0.2) is 0 Å². The summed E-state index contributed by atoms with van der Waals surface area (Å²) in [6.45, 7) is 0. The molecule has 114 valence electrons. The molecular formula is C16H16N2O4. The zero-order chi connectivity index (χ0) is 15.5. The third-order valence-electron chi connectivity index (χ3n) is 3.42. The van der Waals surface area contributed by atoms with Crippen LogP contribution in [0, 0.1) is 0 Å². The molecule has 0 radical (unpaired) electrons. The zero-order valence-corrected chi connectivity index (χ0v) is 12.1. The number of furan rings is 1. The molecule has 1 fully saturated rings. The highest BCUT2D eigenvalue weighted by molar-refractivity contribution is 6.09. The second kappa shape index (κ2) is 5.93. The number of methoxy groups -OCH3 is 1. The lowest BCUT2D eigenvalue weighted by Crippen LogP contribution is -2.27. The molecule has 1 saturated carbocycles. The number of amides is 2. The maximum absolute atomic E-state index is 12.3. The number of hydrogen-bond acceptors (Lipinski definition) is 4. The number of ether oxygens (including phenoxy) is 1. The van der Waals surface area contributed by atoms with E-state index in [0.29, 0.717) is 22.6 Å². The van der Waals surface area contributed by atoms with Crippen molar-refractivity contribution in [1.82, 2.24) is 5.32 Å². The van der Waals surface area contributed by atoms with Crippen molar-refractivity contribution in [2.45, 2.75) is 18.9 Å². The topological polar surface area (TPSA) is 80.6 Å². The fraction of sp³-hybridized carbons (Fsp3) is 0.250. The molecule has 0 unspecified atom stereocenters. The minimum atomic E-state index is -0.334. The Hall–Kier alpha value is -2.76. The molecule has 3 rings (SSSR count). The average molecular weight is 300 g/mol. The molecule has 6 nitrogen and oxygen atoms in total. The first kappa shape index (κ1) is 14.2. The number of rotatable bonds is 5. The van der Waals surface area contributed by atoms with Crippen LogP contribution in [-0.2, 0) is 0 Å². The van der Waals surface area contributed by atoms with Crippen LogP contribution in [0.15, 0.2) is 41.2 Å². The first-order valence-corrected chi connectivity index (χ1v) is 7.00. The second-order valence-corrected chi connectivity index (χ2v) is 5.13. The summed E-state index contributed by atoms with van der Waals surface area (Å²) < 4.78 is 10.0. The Kier molecular flexibility index (Phi) is 3.82. The molecule has 2 amide bonds. The van der Waals surface area contributed by atoms with Gasteiger partial charge >= 0.3 is 0 Å². The lowest BCUT2D eigenvalue weighted by atomic mass is 10.1. The summed E-state index contributed by atoms with van der Waals surface area (Å²) in [6, 6.07) is 6.75. The van der Waals surface area contributed by atoms with Crippen molar-refractivity contribution < 1.29 is 18.7 Å². The molecule has 0 saturated heterocycles. The third-order valence-corrected chi connectivity index (χ3v) is 3.42. The van der Waals surface area contributed by atoms with Gasteiger partial charge in [-0.25, -0.2) is 0 Å². The molecule has 0 bridgehead atoms. The van der Waals surface area contributed by atoms with E-state index in [-0.39, 0.29) is 17.9 Å². The SMILES string of the molecule is COc1ccc(NC(=O)c2ccoc2)c(C(=O)NC2CC2)c1. The van der Waals surface area contributed by atoms with Crippen LogP contribution < -0.4 is 15.4 Å². The van der Waals surface area contributed by atoms with Crippen LogP contribution in [0.2, 0.25) is 0 Å². The van der Waals surface area contributed by atoms with E-state index in [4.69, 9.17) is 9.15 Å². The van der Waals surface area contributed by atoms with Gasteiger partial charge in [-0.15, -0.1) is 0 Å². The number of anilines is 1. The first-order valence-electron chi connectivity index (χ1n) is 7.00. The summed E-state index contributed by atoms with van der Waals surface area (Å²) in [7, 11) is 1.53. The summed E-state index contributed by atoms with van der Waals surface area (Å²) in [6.07, 6.45) is 4.76. The number of nitrogens with one attached hydrogen (secondary N) is 2. The number of benzene rings is 1. The summed E-state index contributed by atoms with van der Waals surface area (Å²) >= 11 is 0. The van der Waals surface area contributed by atoms with Crippen molar-refractivity contribution >= 4 is 17.5 Å². The van der Waals surface area contributed by atoms with Crippen LogP contribution in [-0.4, -0.2) is 25.0 Å². The van der Waals surface area contributed by atoms with Gasteiger partial charge in [-0.05, 0) is 37.1 Å². The molecule has 1 aromatic heterocycles. The van der Waals surface area contributed by atoms with Gasteiger partial charge in [0.05, 0.1) is 30.2 Å². The van der Waals surface area contributed by atoms with E-state index in [1.807, 2.05) is 0 Å². The second-order valence-electron chi connectivity index (χ2n) is 5.13. The normalized spacial score (nSPS) is 13.5. The van der Waals surface area contributed by atoms with Crippen molar-refractivity contribution in [2.75, 3.05) is 12.4 Å². The first-order chi connectivity index (χ1) is 10.7. The predicted molar refractivity (Wildman–Crippen MR) is 80.1 cm³/mol. The van der Waals surface area contributed by atoms with E-state index >= 15 is 0 Å². The third kappa shape index (κ3) is 3.11. The molecule has 6 heteroatoms. The Morgan fingerprint density at radius 2 is 2.05 bits per heavy atom. The largest absolute Gasteiger partial charge is 0.497 e. The highest BCUT2D eigenvalue weighted by atomic mass is 16.5. The van der Waals surface area contributed by atoms with Gasteiger partial charge in [0.25, 0.3) is 11.8 Å². The van der Waals surface area contributed by atoms with Crippen molar-refractivity contribution in [1.29, 1.82) is 0 Å². The van der Waals surface area contributed by atoms with Gasteiger partial charge in [-0.3, -0.25) is 9.59 Å². The molecule has 2 aromatic rings. The quantitative estimate of drug-likeness (QED) is 0.888. The lowest BCUT2D eigenvalue weighted by molar-refractivity contribution is 0.0951. The molecule has 2 N–H and O–H groups in total. The molecule has 0 aliphatic heterocycles. The number of hydrogen-bond donors (Lipinski definition) is 2. The molecule has 0 atom stereocenters. The highest BCUT2D eigenvalue weighted by Gasteiger charge is 2.25. The Morgan fingerprint density at radius 3 is 2.68 bits per heavy atom. The van der Waals surface area contributed by atoms with E-state index in [9.17, 15) is 9.59 Å². The monoisotopic (exact) mass is 300 g/mol. The van der Waals surface area contributed by atoms with Crippen LogP contribution in [0.4, 0.5) is 5.69 Å². The van der Waals surface area contributed by atoms with Gasteiger partial charge in [-0.2, -0.15) is 0 Å². The number of carbonyl (C=O) groups is 2. The van der Waals surface area contributed by atoms with Crippen LogP contribution in [0.25, 0.3) is 0 Å². The van der Waals surface area contributed by atoms with E-state index in [0.717, 1.165) is 12.8 Å². The minimum absolute atomic E-state index is 0.219. The molecule has 0 spiro atoms. The summed E-state index contributed by atoms with van der Waals surface area (Å²) in [5.74, 6) is 0.00513. The van der Waals surface area contributed by atoms with Gasteiger partial charge < -0.3 is 19.8 Å². The Labute approximate surface area is 127 Å². The van der Waals surface area contributed by atoms with Crippen LogP contribution in [0.3, 0.4) is 0 Å². The maximum Gasteiger partial charge on any atom is 0.258 e. The van der Waals surface area contributed by atoms with Crippen LogP contribution in [0.1, 0.15) is 33.6 Å². The predicted octanol–water partition coefficient (Wildman–Crippen LogP) is 2.43. The smallest absolute Gasteiger partial charge is 0.258 e. The van der Waals surface area contributed by atoms with Crippen molar-refractivity contribution in [2.24, 2.45) is 0 Å². The zero-order valence-electron chi connectivity index (χ0n) is 12.1. The minimum Gasteiger partial charge on any atom is -0.497 e. The summed E-state index contributed by atoms with van der Waals surface area (Å²) in [5, 5.41) is 5.63. The molecule has 1 heterocycles. The Morgan fingerprint density at radius 1 is 1.23 bits per heavy atom. The summed E-state index contributed by atoms with van der Waals surface area (Å²) in [4.78, 5) is 24.4. The van der Waals surface area contributed by atoms with Gasteiger partial charge in [0.1, 0.15) is 12.0 Å². The number of carbonyl (C=O) groups excluding carboxylic acids is 2. The van der Waals surface area contributed by atoms with E-state index in [2.05, 4.69) is 10.6 Å². The van der Waals surface area contributed by atoms with E-state index in [1.54, 1.807) is 24.3 Å². The maximum atomic E-state index is 12.3. The average Bonchev–Trinajstić information content (AvgIpc) is 3.16. The Balaban J connectivity index is 1.85. The van der Waals surface area contributed by atoms with Crippen molar-refractivity contribution in [3.8, 4) is 5.75 Å². The van der Waals surface area contributed by atoms with E-state index in [1.165, 1.54) is 19.6 Å². The van der Waals surface area contributed by atoms with Gasteiger partial charge in [0, 0.05) is 6.04 Å². The van der Waals surface area contributed by atoms with Crippen molar-refractivity contribution in [3.63, 3.8) is 0 Å². The van der Waals surface area contributed by atoms with Crippen LogP contribution in [0.5, 0.6) is 5.75 Å². The van der Waals surface area contributed by atoms with Gasteiger partial charge in [0.2, 0.25) is 0 Å². The molecule has 1 aromatic carbocycles. The van der Waals surface area contributed by atoms with Crippen molar-refractivity contribution in [3.05, 3.63) is 47.9 Å². The highest BCUT2D eigenvalue weighted by Crippen LogP contribution is 2.25. The molecule has 22 heavy (non-hydrogen) atoms. The molecular weight excluding hydrogens is 284 g/mol. The standard InChI is InChI=1S/C16H16N2O4/c1-21-12-4-5-14(18-15(19)10-6-7-22-9-10)13(8-12)16(20)17-11-2-3-11/h4-9,11H,2-3H2,1H3,(H,17,20)(H,18,19). The fourth-order valence-electron chi connectivity index (χ4n) is 2.03. The Bertz CT molecular complexity index is 690.